The summed E-state index contributed by atoms with van der Waals surface area (Å²) in [6.45, 7) is 6.82. The number of hydrogen-bond donors (Lipinski definition) is 2. The van der Waals surface area contributed by atoms with Gasteiger partial charge in [0.1, 0.15) is 0 Å². The van der Waals surface area contributed by atoms with Crippen LogP contribution in [0.5, 0.6) is 0 Å². The lowest BCUT2D eigenvalue weighted by molar-refractivity contribution is 0.193. The van der Waals surface area contributed by atoms with E-state index in [0.717, 1.165) is 24.1 Å². The molecule has 2 aliphatic rings. The Bertz CT molecular complexity index is 1290. The third kappa shape index (κ3) is 3.03. The summed E-state index contributed by atoms with van der Waals surface area (Å²) in [6, 6.07) is 15.9. The number of carbonyl (C=O) groups excluding carboxylic acids is 1. The Morgan fingerprint density at radius 1 is 1.09 bits per heavy atom. The second-order valence-electron chi connectivity index (χ2n) is 9.56. The van der Waals surface area contributed by atoms with Crippen LogP contribution in [0, 0.1) is 16.7 Å². The Balaban J connectivity index is 1.47. The number of aromatic nitrogens is 2. The molecule has 2 aliphatic carbocycles. The van der Waals surface area contributed by atoms with Crippen molar-refractivity contribution < 1.29 is 4.79 Å². The van der Waals surface area contributed by atoms with Crippen LogP contribution in [-0.4, -0.2) is 21.4 Å². The lowest BCUT2D eigenvalue weighted by Gasteiger charge is -2.34. The number of rotatable bonds is 3. The highest BCUT2D eigenvalue weighted by atomic mass is 16.2. The van der Waals surface area contributed by atoms with Crippen molar-refractivity contribution in [1.29, 1.82) is 0 Å². The van der Waals surface area contributed by atoms with E-state index in [1.165, 1.54) is 11.1 Å². The van der Waals surface area contributed by atoms with Gasteiger partial charge in [-0.2, -0.15) is 9.78 Å². The van der Waals surface area contributed by atoms with Crippen molar-refractivity contribution in [3.8, 4) is 11.4 Å². The average Bonchev–Trinajstić information content (AvgIpc) is 3.13. The fourth-order valence-electron chi connectivity index (χ4n) is 5.36. The molecule has 32 heavy (non-hydrogen) atoms. The largest absolute Gasteiger partial charge is 0.354 e. The number of amides is 2. The Labute approximate surface area is 186 Å². The molecule has 5 rings (SSSR count). The van der Waals surface area contributed by atoms with E-state index >= 15 is 0 Å². The van der Waals surface area contributed by atoms with Crippen molar-refractivity contribution in [2.75, 3.05) is 5.43 Å². The van der Waals surface area contributed by atoms with Gasteiger partial charge < -0.3 is 0 Å². The molecular weight excluding hydrogens is 402 g/mol. The maximum absolute atomic E-state index is 13.2. The summed E-state index contributed by atoms with van der Waals surface area (Å²) in [7, 11) is 0. The fourth-order valence-corrected chi connectivity index (χ4v) is 5.36. The Hall–Kier alpha value is -3.48. The average molecular weight is 430 g/mol. The van der Waals surface area contributed by atoms with Crippen LogP contribution < -0.4 is 16.4 Å². The summed E-state index contributed by atoms with van der Waals surface area (Å²) in [5, 5.41) is 4.91. The van der Waals surface area contributed by atoms with Gasteiger partial charge in [0, 0.05) is 16.7 Å². The van der Waals surface area contributed by atoms with Gasteiger partial charge in [-0.1, -0.05) is 63.2 Å². The molecule has 2 amide bonds. The van der Waals surface area contributed by atoms with Gasteiger partial charge >= 0.3 is 6.03 Å². The molecule has 2 N–H and O–H groups in total. The van der Waals surface area contributed by atoms with Gasteiger partial charge in [0.2, 0.25) is 0 Å². The fraction of sp³-hybridized carbons (Fsp3) is 0.360. The molecule has 3 aromatic rings. The summed E-state index contributed by atoms with van der Waals surface area (Å²) in [4.78, 5) is 30.6. The first kappa shape index (κ1) is 20.4. The number of nitrogens with one attached hydrogen (secondary N) is 2. The smallest absolute Gasteiger partial charge is 0.267 e. The normalized spacial score (nSPS) is 24.7. The first-order valence-electron chi connectivity index (χ1n) is 11.0. The van der Waals surface area contributed by atoms with Crippen LogP contribution in [0.4, 0.5) is 4.79 Å². The van der Waals surface area contributed by atoms with Gasteiger partial charge in [-0.3, -0.25) is 4.79 Å². The summed E-state index contributed by atoms with van der Waals surface area (Å²) >= 11 is 0. The molecule has 2 fully saturated rings. The van der Waals surface area contributed by atoms with Gasteiger partial charge in [-0.25, -0.2) is 20.6 Å². The molecule has 1 aromatic heterocycles. The van der Waals surface area contributed by atoms with Crippen LogP contribution in [0.25, 0.3) is 22.3 Å². The van der Waals surface area contributed by atoms with Crippen molar-refractivity contribution in [1.82, 2.24) is 15.1 Å². The minimum Gasteiger partial charge on any atom is -0.267 e. The second kappa shape index (κ2) is 7.29. The first-order chi connectivity index (χ1) is 15.3. The molecule has 2 saturated carbocycles. The van der Waals surface area contributed by atoms with E-state index < -0.39 is 6.03 Å². The van der Waals surface area contributed by atoms with Crippen molar-refractivity contribution in [2.24, 2.45) is 21.8 Å². The molecule has 0 spiro atoms. The minimum atomic E-state index is -0.571. The molecule has 0 aliphatic heterocycles. The third-order valence-electron chi connectivity index (χ3n) is 7.83. The molecule has 2 aromatic carbocycles. The number of hydrazone groups is 1. The van der Waals surface area contributed by atoms with Crippen LogP contribution in [-0.2, 0) is 0 Å². The Morgan fingerprint density at radius 2 is 1.81 bits per heavy atom. The zero-order valence-electron chi connectivity index (χ0n) is 18.6. The first-order valence-corrected chi connectivity index (χ1v) is 11.0. The van der Waals surface area contributed by atoms with Crippen molar-refractivity contribution in [2.45, 2.75) is 40.0 Å². The van der Waals surface area contributed by atoms with Crippen molar-refractivity contribution >= 4 is 22.6 Å². The van der Waals surface area contributed by atoms with E-state index in [-0.39, 0.29) is 16.4 Å². The highest BCUT2D eigenvalue weighted by molar-refractivity contribution is 5.95. The van der Waals surface area contributed by atoms with Crippen LogP contribution in [0.1, 0.15) is 40.0 Å². The zero-order valence-corrected chi connectivity index (χ0v) is 18.6. The van der Waals surface area contributed by atoms with E-state index in [9.17, 15) is 9.59 Å². The molecule has 164 valence electrons. The molecule has 1 heterocycles. The number of para-hydroxylation sites is 1. The monoisotopic (exact) mass is 429 g/mol. The zero-order chi connectivity index (χ0) is 22.5. The van der Waals surface area contributed by atoms with E-state index in [4.69, 9.17) is 0 Å². The molecule has 7 nitrogen and oxygen atoms in total. The minimum absolute atomic E-state index is 0.0124. The number of nitrogens with zero attached hydrogens (tertiary/aromatic N) is 3. The van der Waals surface area contributed by atoms with Crippen LogP contribution >= 0.6 is 0 Å². The van der Waals surface area contributed by atoms with Crippen LogP contribution in [0.15, 0.2) is 64.5 Å². The van der Waals surface area contributed by atoms with Crippen LogP contribution in [0.2, 0.25) is 0 Å². The molecular formula is C25H27N5O2. The molecule has 0 saturated heterocycles. The number of hydrogen-bond acceptors (Lipinski definition) is 4. The maximum atomic E-state index is 13.2. The van der Waals surface area contributed by atoms with Crippen molar-refractivity contribution in [3.05, 3.63) is 65.0 Å². The predicted molar refractivity (Wildman–Crippen MR) is 126 cm³/mol. The number of fused-ring (bicyclic) bond motifs is 3. The van der Waals surface area contributed by atoms with E-state index in [2.05, 4.69) is 41.7 Å². The second-order valence-corrected chi connectivity index (χ2v) is 9.56. The Morgan fingerprint density at radius 3 is 2.50 bits per heavy atom. The summed E-state index contributed by atoms with van der Waals surface area (Å²) in [5.74, 6) is 0.957. The lowest BCUT2D eigenvalue weighted by atomic mass is 9.70. The standard InChI is InChI=1S/C25H27N5O2/c1-24(2)17-13-14-25(24,3)20(15-17)27-28-23(32)29-30-21(16-9-5-4-6-10-16)26-19-12-8-7-11-18(19)22(30)31/h4-12,17H,13-15H2,1-3H3,(H2,28,29,32)/b27-20-. The molecule has 2 bridgehead atoms. The number of urea groups is 1. The SMILES string of the molecule is CC12CCC(C/C1=N/NC(=O)Nn1c(-c3ccccc3)nc3ccccc3c1=O)C2(C)C. The molecule has 2 unspecified atom stereocenters. The quantitative estimate of drug-likeness (QED) is 0.600. The van der Waals surface area contributed by atoms with E-state index in [0.29, 0.717) is 22.6 Å². The van der Waals surface area contributed by atoms with Crippen molar-refractivity contribution in [3.63, 3.8) is 0 Å². The van der Waals surface area contributed by atoms with Gasteiger partial charge in [0.15, 0.2) is 5.82 Å². The van der Waals surface area contributed by atoms with Crippen LogP contribution in [0.3, 0.4) is 0 Å². The number of benzene rings is 2. The molecule has 2 atom stereocenters. The Kier molecular flexibility index (Phi) is 4.65. The summed E-state index contributed by atoms with van der Waals surface area (Å²) in [5.41, 5.74) is 7.43. The third-order valence-corrected chi connectivity index (χ3v) is 7.83. The van der Waals surface area contributed by atoms with Gasteiger partial charge in [-0.15, -0.1) is 0 Å². The maximum Gasteiger partial charge on any atom is 0.354 e. The lowest BCUT2D eigenvalue weighted by Crippen LogP contribution is -2.40. The highest BCUT2D eigenvalue weighted by Crippen LogP contribution is 2.63. The predicted octanol–water partition coefficient (Wildman–Crippen LogP) is 4.52. The summed E-state index contributed by atoms with van der Waals surface area (Å²) < 4.78 is 1.19. The van der Waals surface area contributed by atoms with Gasteiger partial charge in [-0.05, 0) is 42.7 Å². The molecule has 0 radical (unpaired) electrons. The topological polar surface area (TPSA) is 88.4 Å². The highest BCUT2D eigenvalue weighted by Gasteiger charge is 2.60. The van der Waals surface area contributed by atoms with E-state index in [1.54, 1.807) is 18.2 Å². The number of carbonyl (C=O) groups is 1. The summed E-state index contributed by atoms with van der Waals surface area (Å²) in [6.07, 6.45) is 3.18. The van der Waals surface area contributed by atoms with Gasteiger partial charge in [0.25, 0.3) is 5.56 Å². The van der Waals surface area contributed by atoms with Gasteiger partial charge in [0.05, 0.1) is 10.9 Å². The molecule has 7 heteroatoms. The van der Waals surface area contributed by atoms with E-state index in [1.807, 2.05) is 36.4 Å².